The zero-order valence-corrected chi connectivity index (χ0v) is 8.46. The van der Waals surface area contributed by atoms with Gasteiger partial charge in [0.15, 0.2) is 0 Å². The Hall–Kier alpha value is 1.79. The van der Waals surface area contributed by atoms with Crippen molar-refractivity contribution in [3.8, 4) is 0 Å². The van der Waals surface area contributed by atoms with Crippen molar-refractivity contribution >= 4 is 0 Å². The van der Waals surface area contributed by atoms with Gasteiger partial charge in [0.25, 0.3) is 0 Å². The molecule has 0 spiro atoms. The third-order valence-corrected chi connectivity index (χ3v) is 0. The van der Waals surface area contributed by atoms with E-state index in [0.717, 1.165) is 0 Å². The van der Waals surface area contributed by atoms with Crippen LogP contribution in [0.4, 0.5) is 0 Å². The summed E-state index contributed by atoms with van der Waals surface area (Å²) in [4.78, 5) is 0. The summed E-state index contributed by atoms with van der Waals surface area (Å²) < 4.78 is 0. The first kappa shape index (κ1) is 17.1. The van der Waals surface area contributed by atoms with Crippen molar-refractivity contribution < 1.29 is 53.8 Å². The first-order valence-corrected chi connectivity index (χ1v) is 0.707. The molecular weight excluding hydrogens is 297 g/mol. The molecule has 0 aliphatic carbocycles. The Kier molecular flexibility index (Phi) is 91.5. The standard InChI is InChI=1S/C2H5.W.Y/c1-2;;/h1H2,2H3;;/q-1;;. The molecule has 0 fully saturated rings. The molecule has 0 aromatic rings. The SMILES string of the molecule is [CH2-]C.[W].[Y]. The van der Waals surface area contributed by atoms with Crippen LogP contribution in [0.15, 0.2) is 0 Å². The largest absolute Gasteiger partial charge is 0.346 e. The number of hydrogen-bond donors (Lipinski definition) is 0. The van der Waals surface area contributed by atoms with Gasteiger partial charge < -0.3 is 6.92 Å². The summed E-state index contributed by atoms with van der Waals surface area (Å²) in [5.41, 5.74) is 0. The quantitative estimate of drug-likeness (QED) is 0.582. The Balaban J connectivity index is -0.00000000500. The van der Waals surface area contributed by atoms with Crippen LogP contribution in [-0.4, -0.2) is 0 Å². The fraction of sp³-hybridized carbons (Fsp3) is 0.500. The molecule has 23 valence electrons. The molecule has 2 heteroatoms. The summed E-state index contributed by atoms with van der Waals surface area (Å²) in [7, 11) is 0. The summed E-state index contributed by atoms with van der Waals surface area (Å²) in [6.07, 6.45) is 0. The van der Waals surface area contributed by atoms with E-state index in [0.29, 0.717) is 0 Å². The molecule has 0 aromatic carbocycles. The van der Waals surface area contributed by atoms with Crippen LogP contribution in [0, 0.1) is 6.92 Å². The molecular formula is C2H5WY-. The smallest absolute Gasteiger partial charge is 0 e. The van der Waals surface area contributed by atoms with E-state index in [4.69, 9.17) is 0 Å². The molecule has 0 unspecified atom stereocenters. The molecule has 0 aromatic heterocycles. The fourth-order valence-corrected chi connectivity index (χ4v) is 0. The normalized spacial score (nSPS) is 1.50. The second-order valence-corrected chi connectivity index (χ2v) is 0. The van der Waals surface area contributed by atoms with Crippen LogP contribution in [0.25, 0.3) is 0 Å². The van der Waals surface area contributed by atoms with Crippen LogP contribution < -0.4 is 0 Å². The van der Waals surface area contributed by atoms with Gasteiger partial charge in [-0.3, -0.25) is 0 Å². The van der Waals surface area contributed by atoms with Crippen LogP contribution in [0.3, 0.4) is 0 Å². The monoisotopic (exact) mass is 302 g/mol. The van der Waals surface area contributed by atoms with Gasteiger partial charge in [0, 0.05) is 53.8 Å². The van der Waals surface area contributed by atoms with Gasteiger partial charge in [-0.2, -0.15) is 6.92 Å². The maximum atomic E-state index is 3.25. The first-order valence-electron chi connectivity index (χ1n) is 0.707. The van der Waals surface area contributed by atoms with Crippen molar-refractivity contribution in [3.05, 3.63) is 6.92 Å². The van der Waals surface area contributed by atoms with E-state index in [9.17, 15) is 0 Å². The third-order valence-electron chi connectivity index (χ3n) is 0. The van der Waals surface area contributed by atoms with Crippen LogP contribution in [0.1, 0.15) is 6.92 Å². The van der Waals surface area contributed by atoms with Crippen molar-refractivity contribution in [1.82, 2.24) is 0 Å². The van der Waals surface area contributed by atoms with E-state index in [2.05, 4.69) is 6.92 Å². The van der Waals surface area contributed by atoms with Gasteiger partial charge in [-0.1, -0.05) is 0 Å². The van der Waals surface area contributed by atoms with E-state index >= 15 is 0 Å². The molecule has 0 aliphatic heterocycles. The van der Waals surface area contributed by atoms with E-state index in [1.165, 1.54) is 0 Å². The predicted molar refractivity (Wildman–Crippen MR) is 11.0 cm³/mol. The molecule has 0 nitrogen and oxygen atoms in total. The average molecular weight is 302 g/mol. The van der Waals surface area contributed by atoms with Gasteiger partial charge in [-0.25, -0.2) is 0 Å². The molecule has 0 aliphatic rings. The van der Waals surface area contributed by atoms with Gasteiger partial charge in [-0.05, 0) is 0 Å². The Morgan fingerprint density at radius 3 is 1.25 bits per heavy atom. The topological polar surface area (TPSA) is 0 Å². The summed E-state index contributed by atoms with van der Waals surface area (Å²) in [5, 5.41) is 0. The van der Waals surface area contributed by atoms with Crippen LogP contribution in [-0.2, 0) is 53.8 Å². The van der Waals surface area contributed by atoms with Gasteiger partial charge >= 0.3 is 0 Å². The van der Waals surface area contributed by atoms with E-state index in [1.54, 1.807) is 6.92 Å². The van der Waals surface area contributed by atoms with Crippen molar-refractivity contribution in [2.45, 2.75) is 6.92 Å². The first-order chi connectivity index (χ1) is 1.00. The molecule has 0 amide bonds. The van der Waals surface area contributed by atoms with Crippen LogP contribution in [0.5, 0.6) is 0 Å². The number of rotatable bonds is 0. The fourth-order valence-electron chi connectivity index (χ4n) is 0. The summed E-state index contributed by atoms with van der Waals surface area (Å²) in [6.45, 7) is 5.00. The summed E-state index contributed by atoms with van der Waals surface area (Å²) >= 11 is 0. The van der Waals surface area contributed by atoms with E-state index < -0.39 is 0 Å². The third kappa shape index (κ3) is 9.20. The maximum Gasteiger partial charge on any atom is 0 e. The Bertz CT molecular complexity index is 6.00. The van der Waals surface area contributed by atoms with Crippen molar-refractivity contribution in [2.75, 3.05) is 0 Å². The zero-order valence-electron chi connectivity index (χ0n) is 2.69. The van der Waals surface area contributed by atoms with Gasteiger partial charge in [0.05, 0.1) is 0 Å². The zero-order chi connectivity index (χ0) is 2.00. The molecule has 0 heterocycles. The minimum Gasteiger partial charge on any atom is -0.346 e. The Labute approximate surface area is 66.9 Å². The van der Waals surface area contributed by atoms with Crippen molar-refractivity contribution in [3.63, 3.8) is 0 Å². The second-order valence-electron chi connectivity index (χ2n) is 0. The summed E-state index contributed by atoms with van der Waals surface area (Å²) in [5.74, 6) is 0. The predicted octanol–water partition coefficient (Wildman–Crippen LogP) is 0.835. The van der Waals surface area contributed by atoms with Crippen LogP contribution >= 0.6 is 0 Å². The van der Waals surface area contributed by atoms with E-state index in [1.807, 2.05) is 0 Å². The van der Waals surface area contributed by atoms with E-state index in [-0.39, 0.29) is 53.8 Å². The molecule has 0 bridgehead atoms. The molecule has 0 saturated carbocycles. The van der Waals surface area contributed by atoms with Crippen molar-refractivity contribution in [1.29, 1.82) is 0 Å². The van der Waals surface area contributed by atoms with Crippen molar-refractivity contribution in [2.24, 2.45) is 0 Å². The number of hydrogen-bond acceptors (Lipinski definition) is 0. The molecule has 1 radical (unpaired) electrons. The minimum atomic E-state index is 0. The molecule has 4 heavy (non-hydrogen) atoms. The maximum absolute atomic E-state index is 3.25. The molecule has 0 N–H and O–H groups in total. The van der Waals surface area contributed by atoms with Crippen LogP contribution in [0.2, 0.25) is 0 Å². The Morgan fingerprint density at radius 2 is 1.25 bits per heavy atom. The molecule has 0 atom stereocenters. The van der Waals surface area contributed by atoms with Gasteiger partial charge in [-0.15, -0.1) is 0 Å². The van der Waals surface area contributed by atoms with Gasteiger partial charge in [0.2, 0.25) is 0 Å². The average Bonchev–Trinajstić information content (AvgIpc) is 1.00. The minimum absolute atomic E-state index is 0. The Morgan fingerprint density at radius 1 is 1.25 bits per heavy atom. The summed E-state index contributed by atoms with van der Waals surface area (Å²) in [6, 6.07) is 0. The molecule has 0 saturated heterocycles. The van der Waals surface area contributed by atoms with Gasteiger partial charge in [0.1, 0.15) is 0 Å². The second kappa shape index (κ2) is 21.5. The molecule has 0 rings (SSSR count).